The molecule has 5 heteroatoms. The largest absolute Gasteiger partial charge is 0.365 e. The van der Waals surface area contributed by atoms with E-state index in [9.17, 15) is 4.79 Å². The normalized spacial score (nSPS) is 32.3. The van der Waals surface area contributed by atoms with Gasteiger partial charge < -0.3 is 15.4 Å². The lowest BCUT2D eigenvalue weighted by Crippen LogP contribution is -2.50. The molecule has 0 bridgehead atoms. The summed E-state index contributed by atoms with van der Waals surface area (Å²) >= 11 is 1.98. The average molecular weight is 230 g/mol. The van der Waals surface area contributed by atoms with Crippen molar-refractivity contribution in [1.82, 2.24) is 4.90 Å². The first-order valence-electron chi connectivity index (χ1n) is 5.46. The van der Waals surface area contributed by atoms with Crippen molar-refractivity contribution < 1.29 is 9.53 Å². The summed E-state index contributed by atoms with van der Waals surface area (Å²) in [5.41, 5.74) is 5.55. The minimum Gasteiger partial charge on any atom is -0.365 e. The third kappa shape index (κ3) is 2.86. The lowest BCUT2D eigenvalue weighted by Gasteiger charge is -2.33. The number of carbonyl (C=O) groups is 1. The van der Waals surface area contributed by atoms with Crippen molar-refractivity contribution in [3.05, 3.63) is 0 Å². The smallest absolute Gasteiger partial charge is 0.248 e. The minimum atomic E-state index is 0.0387. The SMILES string of the molecule is NCC1CN(CC2CCSC2)C(=O)CO1. The summed E-state index contributed by atoms with van der Waals surface area (Å²) in [6.45, 7) is 2.28. The van der Waals surface area contributed by atoms with E-state index < -0.39 is 0 Å². The highest BCUT2D eigenvalue weighted by molar-refractivity contribution is 7.99. The molecule has 2 saturated heterocycles. The second-order valence-corrected chi connectivity index (χ2v) is 5.35. The highest BCUT2D eigenvalue weighted by Gasteiger charge is 2.28. The highest BCUT2D eigenvalue weighted by Crippen LogP contribution is 2.24. The lowest BCUT2D eigenvalue weighted by molar-refractivity contribution is -0.148. The van der Waals surface area contributed by atoms with Gasteiger partial charge in [0.25, 0.3) is 0 Å². The number of hydrogen-bond donors (Lipinski definition) is 1. The molecule has 0 aromatic rings. The van der Waals surface area contributed by atoms with Gasteiger partial charge in [-0.15, -0.1) is 0 Å². The Labute approximate surface area is 94.5 Å². The Hall–Kier alpha value is -0.260. The molecular formula is C10H18N2O2S. The van der Waals surface area contributed by atoms with Crippen molar-refractivity contribution in [3.8, 4) is 0 Å². The van der Waals surface area contributed by atoms with Crippen LogP contribution in [0.4, 0.5) is 0 Å². The number of amides is 1. The minimum absolute atomic E-state index is 0.0387. The maximum atomic E-state index is 11.6. The Bertz CT molecular complexity index is 231. The van der Waals surface area contributed by atoms with E-state index in [0.29, 0.717) is 19.0 Å². The fourth-order valence-corrected chi connectivity index (χ4v) is 3.31. The van der Waals surface area contributed by atoms with Crippen LogP contribution in [0.3, 0.4) is 0 Å². The van der Waals surface area contributed by atoms with Crippen LogP contribution in [0.2, 0.25) is 0 Å². The van der Waals surface area contributed by atoms with Crippen LogP contribution in [-0.2, 0) is 9.53 Å². The van der Waals surface area contributed by atoms with Gasteiger partial charge in [0.15, 0.2) is 0 Å². The van der Waals surface area contributed by atoms with Crippen LogP contribution in [-0.4, -0.2) is 54.7 Å². The van der Waals surface area contributed by atoms with Gasteiger partial charge in [-0.3, -0.25) is 4.79 Å². The molecule has 86 valence electrons. The van der Waals surface area contributed by atoms with Crippen LogP contribution >= 0.6 is 11.8 Å². The van der Waals surface area contributed by atoms with E-state index in [2.05, 4.69) is 0 Å². The molecule has 1 amide bonds. The number of ether oxygens (including phenoxy) is 1. The standard InChI is InChI=1S/C10H18N2O2S/c11-3-9-5-12(10(13)6-14-9)4-8-1-2-15-7-8/h8-9H,1-7,11H2. The molecule has 0 spiro atoms. The molecule has 2 N–H and O–H groups in total. The van der Waals surface area contributed by atoms with Crippen LogP contribution in [0.1, 0.15) is 6.42 Å². The maximum absolute atomic E-state index is 11.6. The van der Waals surface area contributed by atoms with Crippen molar-refractivity contribution in [2.75, 3.05) is 37.7 Å². The summed E-state index contributed by atoms with van der Waals surface area (Å²) in [5, 5.41) is 0. The topological polar surface area (TPSA) is 55.6 Å². The van der Waals surface area contributed by atoms with Gasteiger partial charge in [-0.2, -0.15) is 11.8 Å². The zero-order chi connectivity index (χ0) is 10.7. The number of carbonyl (C=O) groups excluding carboxylic acids is 1. The maximum Gasteiger partial charge on any atom is 0.248 e. The van der Waals surface area contributed by atoms with Gasteiger partial charge in [0.1, 0.15) is 6.61 Å². The van der Waals surface area contributed by atoms with Crippen LogP contribution < -0.4 is 5.73 Å². The number of nitrogens with zero attached hydrogens (tertiary/aromatic N) is 1. The van der Waals surface area contributed by atoms with Gasteiger partial charge in [-0.05, 0) is 23.8 Å². The van der Waals surface area contributed by atoms with E-state index in [1.807, 2.05) is 16.7 Å². The predicted molar refractivity (Wildman–Crippen MR) is 60.8 cm³/mol. The van der Waals surface area contributed by atoms with Gasteiger partial charge in [-0.1, -0.05) is 0 Å². The number of hydrogen-bond acceptors (Lipinski definition) is 4. The van der Waals surface area contributed by atoms with E-state index in [1.54, 1.807) is 0 Å². The van der Waals surface area contributed by atoms with Crippen molar-refractivity contribution in [3.63, 3.8) is 0 Å². The van der Waals surface area contributed by atoms with E-state index in [4.69, 9.17) is 10.5 Å². The molecule has 2 atom stereocenters. The first-order chi connectivity index (χ1) is 7.29. The molecule has 4 nitrogen and oxygen atoms in total. The second kappa shape index (κ2) is 5.18. The van der Waals surface area contributed by atoms with Crippen molar-refractivity contribution in [1.29, 1.82) is 0 Å². The predicted octanol–water partition coefficient (Wildman–Crippen LogP) is -0.0744. The van der Waals surface area contributed by atoms with Crippen molar-refractivity contribution in [2.24, 2.45) is 11.7 Å². The van der Waals surface area contributed by atoms with E-state index in [1.165, 1.54) is 17.9 Å². The van der Waals surface area contributed by atoms with Gasteiger partial charge in [0, 0.05) is 19.6 Å². The third-order valence-electron chi connectivity index (χ3n) is 2.98. The van der Waals surface area contributed by atoms with E-state index >= 15 is 0 Å². The summed E-state index contributed by atoms with van der Waals surface area (Å²) in [5.74, 6) is 3.23. The summed E-state index contributed by atoms with van der Waals surface area (Å²) < 4.78 is 5.31. The number of rotatable bonds is 3. The monoisotopic (exact) mass is 230 g/mol. The fourth-order valence-electron chi connectivity index (χ4n) is 2.04. The number of morpholine rings is 1. The summed E-state index contributed by atoms with van der Waals surface area (Å²) in [4.78, 5) is 13.5. The molecule has 2 rings (SSSR count). The molecule has 0 aromatic heterocycles. The van der Waals surface area contributed by atoms with Crippen LogP contribution in [0.15, 0.2) is 0 Å². The molecule has 2 aliphatic rings. The van der Waals surface area contributed by atoms with Gasteiger partial charge in [0.2, 0.25) is 5.91 Å². The Morgan fingerprint density at radius 1 is 1.60 bits per heavy atom. The van der Waals surface area contributed by atoms with Crippen molar-refractivity contribution in [2.45, 2.75) is 12.5 Å². The Kier molecular flexibility index (Phi) is 3.88. The first kappa shape index (κ1) is 11.2. The summed E-state index contributed by atoms with van der Waals surface area (Å²) in [7, 11) is 0. The highest BCUT2D eigenvalue weighted by atomic mass is 32.2. The summed E-state index contributed by atoms with van der Waals surface area (Å²) in [6.07, 6.45) is 1.28. The van der Waals surface area contributed by atoms with Crippen molar-refractivity contribution >= 4 is 17.7 Å². The van der Waals surface area contributed by atoms with Crippen LogP contribution in [0, 0.1) is 5.92 Å². The molecule has 0 radical (unpaired) electrons. The van der Waals surface area contributed by atoms with Crippen LogP contribution in [0.25, 0.3) is 0 Å². The third-order valence-corrected chi connectivity index (χ3v) is 4.22. The Morgan fingerprint density at radius 3 is 3.13 bits per heavy atom. The Balaban J connectivity index is 1.85. The zero-order valence-corrected chi connectivity index (χ0v) is 9.67. The molecule has 0 aromatic carbocycles. The van der Waals surface area contributed by atoms with E-state index in [0.717, 1.165) is 6.54 Å². The summed E-state index contributed by atoms with van der Waals surface area (Å²) in [6, 6.07) is 0. The quantitative estimate of drug-likeness (QED) is 0.737. The molecule has 2 unspecified atom stereocenters. The lowest BCUT2D eigenvalue weighted by atomic mass is 10.1. The van der Waals surface area contributed by atoms with Gasteiger partial charge >= 0.3 is 0 Å². The molecule has 2 aliphatic heterocycles. The zero-order valence-electron chi connectivity index (χ0n) is 8.85. The van der Waals surface area contributed by atoms with Crippen LogP contribution in [0.5, 0.6) is 0 Å². The molecular weight excluding hydrogens is 212 g/mol. The molecule has 0 aliphatic carbocycles. The van der Waals surface area contributed by atoms with Gasteiger partial charge in [0.05, 0.1) is 6.10 Å². The first-order valence-corrected chi connectivity index (χ1v) is 6.62. The Morgan fingerprint density at radius 2 is 2.47 bits per heavy atom. The second-order valence-electron chi connectivity index (χ2n) is 4.20. The number of nitrogens with two attached hydrogens (primary N) is 1. The van der Waals surface area contributed by atoms with E-state index in [-0.39, 0.29) is 18.6 Å². The molecule has 2 fully saturated rings. The van der Waals surface area contributed by atoms with Gasteiger partial charge in [-0.25, -0.2) is 0 Å². The molecule has 15 heavy (non-hydrogen) atoms. The number of thioether (sulfide) groups is 1. The molecule has 2 heterocycles. The fraction of sp³-hybridized carbons (Fsp3) is 0.900. The average Bonchev–Trinajstić information content (AvgIpc) is 2.74. The molecule has 0 saturated carbocycles.